The molecule has 0 radical (unpaired) electrons. The van der Waals surface area contributed by atoms with Gasteiger partial charge in [-0.3, -0.25) is 9.36 Å². The number of benzene rings is 1. The van der Waals surface area contributed by atoms with Crippen LogP contribution in [0, 0.1) is 11.6 Å². The SMILES string of the molecule is CCOC(=O)C(C)n1cnc2c1c(=O)n(CCOC)c(=O)n2-c1ccc(F)cc1F. The third-order valence-electron chi connectivity index (χ3n) is 4.57. The molecule has 0 aliphatic heterocycles. The number of ether oxygens (including phenoxy) is 2. The lowest BCUT2D eigenvalue weighted by molar-refractivity contribution is -0.146. The van der Waals surface area contributed by atoms with Crippen molar-refractivity contribution in [3.63, 3.8) is 0 Å². The molecule has 0 aliphatic carbocycles. The molecule has 2 aromatic heterocycles. The summed E-state index contributed by atoms with van der Waals surface area (Å²) in [5, 5.41) is 0. The molecule has 9 nitrogen and oxygen atoms in total. The van der Waals surface area contributed by atoms with Crippen LogP contribution in [-0.2, 0) is 20.8 Å². The molecular formula is C19H20F2N4O5. The zero-order valence-electron chi connectivity index (χ0n) is 16.6. The molecule has 0 bridgehead atoms. The zero-order chi connectivity index (χ0) is 22.0. The summed E-state index contributed by atoms with van der Waals surface area (Å²) in [6.45, 7) is 3.20. The van der Waals surface area contributed by atoms with Crippen molar-refractivity contribution in [3.05, 3.63) is 57.0 Å². The van der Waals surface area contributed by atoms with Crippen molar-refractivity contribution in [1.29, 1.82) is 0 Å². The van der Waals surface area contributed by atoms with Crippen molar-refractivity contribution in [2.75, 3.05) is 20.3 Å². The summed E-state index contributed by atoms with van der Waals surface area (Å²) in [6.07, 6.45) is 1.20. The van der Waals surface area contributed by atoms with E-state index in [0.29, 0.717) is 6.07 Å². The van der Waals surface area contributed by atoms with Gasteiger partial charge in [-0.05, 0) is 26.0 Å². The van der Waals surface area contributed by atoms with Crippen LogP contribution in [0.5, 0.6) is 0 Å². The second-order valence-corrected chi connectivity index (χ2v) is 6.42. The molecule has 0 N–H and O–H groups in total. The number of hydrogen-bond acceptors (Lipinski definition) is 6. The van der Waals surface area contributed by atoms with Crippen molar-refractivity contribution in [2.45, 2.75) is 26.4 Å². The Kier molecular flexibility index (Phi) is 6.11. The molecule has 1 unspecified atom stereocenters. The van der Waals surface area contributed by atoms with Crippen LogP contribution in [-0.4, -0.2) is 45.0 Å². The van der Waals surface area contributed by atoms with Gasteiger partial charge in [-0.25, -0.2) is 27.9 Å². The van der Waals surface area contributed by atoms with Gasteiger partial charge in [0.25, 0.3) is 5.56 Å². The van der Waals surface area contributed by atoms with E-state index >= 15 is 0 Å². The first kappa shape index (κ1) is 21.4. The maximum absolute atomic E-state index is 14.5. The Bertz CT molecular complexity index is 1210. The fraction of sp³-hybridized carbons (Fsp3) is 0.368. The molecule has 0 saturated carbocycles. The number of halogens is 2. The number of imidazole rings is 1. The van der Waals surface area contributed by atoms with Crippen LogP contribution < -0.4 is 11.2 Å². The van der Waals surface area contributed by atoms with E-state index in [9.17, 15) is 23.2 Å². The zero-order valence-corrected chi connectivity index (χ0v) is 16.6. The lowest BCUT2D eigenvalue weighted by atomic mass is 10.3. The fourth-order valence-electron chi connectivity index (χ4n) is 3.08. The van der Waals surface area contributed by atoms with Crippen LogP contribution in [0.2, 0.25) is 0 Å². The van der Waals surface area contributed by atoms with E-state index in [0.717, 1.165) is 21.3 Å². The Labute approximate surface area is 169 Å². The lowest BCUT2D eigenvalue weighted by Crippen LogP contribution is -2.41. The Balaban J connectivity index is 2.37. The summed E-state index contributed by atoms with van der Waals surface area (Å²) in [5.41, 5.74) is -2.15. The predicted octanol–water partition coefficient (Wildman–Crippen LogP) is 1.40. The third-order valence-corrected chi connectivity index (χ3v) is 4.57. The van der Waals surface area contributed by atoms with Crippen molar-refractivity contribution >= 4 is 17.1 Å². The van der Waals surface area contributed by atoms with Gasteiger partial charge in [0.15, 0.2) is 11.2 Å². The summed E-state index contributed by atoms with van der Waals surface area (Å²) in [7, 11) is 1.40. The summed E-state index contributed by atoms with van der Waals surface area (Å²) in [4.78, 5) is 42.4. The molecule has 3 aromatic rings. The monoisotopic (exact) mass is 422 g/mol. The fourth-order valence-corrected chi connectivity index (χ4v) is 3.08. The molecule has 11 heteroatoms. The minimum atomic E-state index is -1.01. The second kappa shape index (κ2) is 8.57. The number of methoxy groups -OCH3 is 1. The van der Waals surface area contributed by atoms with Crippen LogP contribution >= 0.6 is 0 Å². The maximum atomic E-state index is 14.5. The molecule has 0 saturated heterocycles. The number of hydrogen-bond donors (Lipinski definition) is 0. The first-order valence-electron chi connectivity index (χ1n) is 9.15. The van der Waals surface area contributed by atoms with Gasteiger partial charge in [-0.2, -0.15) is 0 Å². The quantitative estimate of drug-likeness (QED) is 0.534. The minimum Gasteiger partial charge on any atom is -0.464 e. The standard InChI is InChI=1S/C19H20F2N4O5/c1-4-30-18(27)11(2)24-10-22-16-15(24)17(26)23(7-8-29-3)19(28)25(16)14-6-5-12(20)9-13(14)21/h5-6,9-11H,4,7-8H2,1-3H3. The van der Waals surface area contributed by atoms with Gasteiger partial charge in [0, 0.05) is 13.2 Å². The van der Waals surface area contributed by atoms with Crippen LogP contribution in [0.25, 0.3) is 16.9 Å². The van der Waals surface area contributed by atoms with E-state index in [1.165, 1.54) is 24.9 Å². The predicted molar refractivity (Wildman–Crippen MR) is 103 cm³/mol. The van der Waals surface area contributed by atoms with E-state index in [1.54, 1.807) is 6.92 Å². The Hall–Kier alpha value is -3.34. The molecular weight excluding hydrogens is 402 g/mol. The highest BCUT2D eigenvalue weighted by Gasteiger charge is 2.25. The highest BCUT2D eigenvalue weighted by atomic mass is 19.1. The highest BCUT2D eigenvalue weighted by molar-refractivity contribution is 5.79. The number of nitrogens with zero attached hydrogens (tertiary/aromatic N) is 4. The summed E-state index contributed by atoms with van der Waals surface area (Å²) in [6, 6.07) is 1.75. The average molecular weight is 422 g/mol. The van der Waals surface area contributed by atoms with E-state index in [2.05, 4.69) is 4.98 Å². The van der Waals surface area contributed by atoms with Gasteiger partial charge in [0.2, 0.25) is 0 Å². The molecule has 160 valence electrons. The number of carbonyl (C=O) groups excluding carboxylic acids is 1. The molecule has 3 rings (SSSR count). The first-order valence-corrected chi connectivity index (χ1v) is 9.15. The normalized spacial score (nSPS) is 12.3. The van der Waals surface area contributed by atoms with Crippen molar-refractivity contribution < 1.29 is 23.0 Å². The van der Waals surface area contributed by atoms with Crippen molar-refractivity contribution in [1.82, 2.24) is 18.7 Å². The van der Waals surface area contributed by atoms with Crippen LogP contribution in [0.15, 0.2) is 34.1 Å². The number of esters is 1. The van der Waals surface area contributed by atoms with E-state index in [4.69, 9.17) is 9.47 Å². The van der Waals surface area contributed by atoms with Gasteiger partial charge in [-0.15, -0.1) is 0 Å². The summed E-state index contributed by atoms with van der Waals surface area (Å²) < 4.78 is 40.8. The minimum absolute atomic E-state index is 0.0358. The molecule has 30 heavy (non-hydrogen) atoms. The Morgan fingerprint density at radius 2 is 2.00 bits per heavy atom. The van der Waals surface area contributed by atoms with Crippen LogP contribution in [0.1, 0.15) is 19.9 Å². The van der Waals surface area contributed by atoms with Crippen molar-refractivity contribution in [2.24, 2.45) is 0 Å². The molecule has 1 atom stereocenters. The first-order chi connectivity index (χ1) is 14.3. The smallest absolute Gasteiger partial charge is 0.337 e. The largest absolute Gasteiger partial charge is 0.464 e. The van der Waals surface area contributed by atoms with E-state index in [-0.39, 0.29) is 36.6 Å². The van der Waals surface area contributed by atoms with Crippen LogP contribution in [0.3, 0.4) is 0 Å². The lowest BCUT2D eigenvalue weighted by Gasteiger charge is -2.15. The molecule has 0 aliphatic rings. The molecule has 0 fully saturated rings. The molecule has 2 heterocycles. The second-order valence-electron chi connectivity index (χ2n) is 6.42. The number of fused-ring (bicyclic) bond motifs is 1. The summed E-state index contributed by atoms with van der Waals surface area (Å²) >= 11 is 0. The van der Waals surface area contributed by atoms with Gasteiger partial charge in [0.1, 0.15) is 17.7 Å². The Morgan fingerprint density at radius 3 is 2.63 bits per heavy atom. The molecule has 0 spiro atoms. The number of rotatable bonds is 7. The molecule has 1 aromatic carbocycles. The van der Waals surface area contributed by atoms with Gasteiger partial charge in [-0.1, -0.05) is 0 Å². The van der Waals surface area contributed by atoms with Crippen LogP contribution in [0.4, 0.5) is 8.78 Å². The highest BCUT2D eigenvalue weighted by Crippen LogP contribution is 2.20. The number of carbonyl (C=O) groups is 1. The van der Waals surface area contributed by atoms with E-state index in [1.807, 2.05) is 0 Å². The van der Waals surface area contributed by atoms with Gasteiger partial charge in [0.05, 0.1) is 31.8 Å². The van der Waals surface area contributed by atoms with Gasteiger partial charge < -0.3 is 14.0 Å². The third kappa shape index (κ3) is 3.63. The topological polar surface area (TPSA) is 97.4 Å². The molecule has 0 amide bonds. The Morgan fingerprint density at radius 1 is 1.27 bits per heavy atom. The summed E-state index contributed by atoms with van der Waals surface area (Å²) in [5.74, 6) is -2.44. The number of aromatic nitrogens is 4. The van der Waals surface area contributed by atoms with Crippen molar-refractivity contribution in [3.8, 4) is 5.69 Å². The van der Waals surface area contributed by atoms with E-state index < -0.39 is 34.9 Å². The maximum Gasteiger partial charge on any atom is 0.337 e. The van der Waals surface area contributed by atoms with Gasteiger partial charge >= 0.3 is 11.7 Å². The average Bonchev–Trinajstić information content (AvgIpc) is 3.14.